The van der Waals surface area contributed by atoms with Gasteiger partial charge in [-0.15, -0.1) is 0 Å². The monoisotopic (exact) mass is 431 g/mol. The van der Waals surface area contributed by atoms with E-state index in [1.807, 2.05) is 19.1 Å². The van der Waals surface area contributed by atoms with E-state index in [0.717, 1.165) is 30.4 Å². The number of aryl methyl sites for hydroxylation is 3. The average Bonchev–Trinajstić information content (AvgIpc) is 2.79. The first-order valence-electron chi connectivity index (χ1n) is 11.2. The SMILES string of the molecule is Cc1ccc([C@@H]2C[C@@H]3c4ccccc4CC[C@H]3CN2S(=O)(=O)c2ccc(C)cc2)cc1. The predicted molar refractivity (Wildman–Crippen MR) is 125 cm³/mol. The molecule has 2 aliphatic rings. The van der Waals surface area contributed by atoms with E-state index >= 15 is 0 Å². The number of benzene rings is 3. The molecule has 3 nitrogen and oxygen atoms in total. The van der Waals surface area contributed by atoms with Crippen LogP contribution in [-0.4, -0.2) is 19.3 Å². The number of nitrogens with zero attached hydrogens (tertiary/aromatic N) is 1. The second kappa shape index (κ2) is 7.92. The summed E-state index contributed by atoms with van der Waals surface area (Å²) in [6, 6.07) is 24.2. The summed E-state index contributed by atoms with van der Waals surface area (Å²) in [6.45, 7) is 4.63. The van der Waals surface area contributed by atoms with Crippen LogP contribution in [0.2, 0.25) is 0 Å². The molecular formula is C27H29NO2S. The molecule has 1 aliphatic carbocycles. The second-order valence-electron chi connectivity index (χ2n) is 9.15. The van der Waals surface area contributed by atoms with Crippen LogP contribution in [0.25, 0.3) is 0 Å². The molecule has 1 fully saturated rings. The van der Waals surface area contributed by atoms with Gasteiger partial charge in [0.1, 0.15) is 0 Å². The Kier molecular flexibility index (Phi) is 5.23. The molecule has 0 aromatic heterocycles. The van der Waals surface area contributed by atoms with Gasteiger partial charge in [0.2, 0.25) is 10.0 Å². The van der Waals surface area contributed by atoms with Gasteiger partial charge in [-0.3, -0.25) is 0 Å². The Bertz CT molecular complexity index is 1180. The first-order chi connectivity index (χ1) is 14.9. The lowest BCUT2D eigenvalue weighted by Crippen LogP contribution is -2.46. The second-order valence-corrected chi connectivity index (χ2v) is 11.0. The van der Waals surface area contributed by atoms with Crippen molar-refractivity contribution in [1.29, 1.82) is 0 Å². The molecule has 3 aromatic rings. The van der Waals surface area contributed by atoms with Gasteiger partial charge in [0.15, 0.2) is 0 Å². The molecule has 0 radical (unpaired) electrons. The molecule has 0 amide bonds. The highest BCUT2D eigenvalue weighted by Crippen LogP contribution is 2.49. The lowest BCUT2D eigenvalue weighted by Gasteiger charge is -2.46. The summed E-state index contributed by atoms with van der Waals surface area (Å²) >= 11 is 0. The fourth-order valence-electron chi connectivity index (χ4n) is 5.38. The number of rotatable bonds is 3. The highest BCUT2D eigenvalue weighted by molar-refractivity contribution is 7.89. The van der Waals surface area contributed by atoms with Crippen LogP contribution >= 0.6 is 0 Å². The van der Waals surface area contributed by atoms with Gasteiger partial charge in [0.05, 0.1) is 10.9 Å². The van der Waals surface area contributed by atoms with Gasteiger partial charge in [-0.25, -0.2) is 8.42 Å². The molecule has 0 N–H and O–H groups in total. The van der Waals surface area contributed by atoms with E-state index in [-0.39, 0.29) is 6.04 Å². The van der Waals surface area contributed by atoms with Crippen molar-refractivity contribution in [1.82, 2.24) is 4.31 Å². The highest BCUT2D eigenvalue weighted by atomic mass is 32.2. The molecule has 0 saturated carbocycles. The molecular weight excluding hydrogens is 402 g/mol. The van der Waals surface area contributed by atoms with Crippen molar-refractivity contribution >= 4 is 10.0 Å². The lowest BCUT2D eigenvalue weighted by molar-refractivity contribution is 0.156. The van der Waals surface area contributed by atoms with E-state index in [2.05, 4.69) is 55.5 Å². The van der Waals surface area contributed by atoms with Crippen LogP contribution in [0.15, 0.2) is 77.7 Å². The molecule has 5 rings (SSSR count). The zero-order chi connectivity index (χ0) is 21.6. The van der Waals surface area contributed by atoms with Crippen LogP contribution in [-0.2, 0) is 16.4 Å². The highest BCUT2D eigenvalue weighted by Gasteiger charge is 2.44. The number of fused-ring (bicyclic) bond motifs is 3. The van der Waals surface area contributed by atoms with E-state index in [1.54, 1.807) is 16.4 Å². The summed E-state index contributed by atoms with van der Waals surface area (Å²) in [5.74, 6) is 0.762. The van der Waals surface area contributed by atoms with E-state index in [1.165, 1.54) is 16.7 Å². The number of hydrogen-bond donors (Lipinski definition) is 0. The third kappa shape index (κ3) is 3.72. The van der Waals surface area contributed by atoms with Gasteiger partial charge in [0.25, 0.3) is 0 Å². The normalized spacial score (nSPS) is 23.7. The van der Waals surface area contributed by atoms with Crippen LogP contribution in [0.5, 0.6) is 0 Å². The van der Waals surface area contributed by atoms with E-state index < -0.39 is 10.0 Å². The van der Waals surface area contributed by atoms with Gasteiger partial charge >= 0.3 is 0 Å². The van der Waals surface area contributed by atoms with Crippen LogP contribution < -0.4 is 0 Å². The quantitative estimate of drug-likeness (QED) is 0.527. The number of piperidine rings is 1. The van der Waals surface area contributed by atoms with Crippen molar-refractivity contribution < 1.29 is 8.42 Å². The van der Waals surface area contributed by atoms with Gasteiger partial charge in [-0.2, -0.15) is 4.31 Å². The Balaban J connectivity index is 1.58. The molecule has 1 heterocycles. The smallest absolute Gasteiger partial charge is 0.207 e. The summed E-state index contributed by atoms with van der Waals surface area (Å²) < 4.78 is 29.4. The minimum absolute atomic E-state index is 0.153. The summed E-state index contributed by atoms with van der Waals surface area (Å²) in [4.78, 5) is 0.393. The fraction of sp³-hybridized carbons (Fsp3) is 0.333. The number of hydrogen-bond acceptors (Lipinski definition) is 2. The standard InChI is InChI=1S/C27H29NO2S/c1-19-7-11-22(12-8-19)27-17-26-23(14-13-21-5-3-4-6-25(21)26)18-28(27)31(29,30)24-15-9-20(2)10-16-24/h3-12,15-16,23,26-27H,13-14,17-18H2,1-2H3/t23-,26-,27-/m0/s1. The van der Waals surface area contributed by atoms with Crippen LogP contribution in [0.3, 0.4) is 0 Å². The summed E-state index contributed by atoms with van der Waals surface area (Å²) in [5.41, 5.74) is 6.19. The fourth-order valence-corrected chi connectivity index (χ4v) is 7.06. The lowest BCUT2D eigenvalue weighted by atomic mass is 9.69. The van der Waals surface area contributed by atoms with Gasteiger partial charge in [-0.05, 0) is 73.8 Å². The summed E-state index contributed by atoms with van der Waals surface area (Å²) in [6.07, 6.45) is 2.91. The van der Waals surface area contributed by atoms with Gasteiger partial charge < -0.3 is 0 Å². The maximum absolute atomic E-state index is 13.8. The van der Waals surface area contributed by atoms with Crippen LogP contribution in [0.4, 0.5) is 0 Å². The Morgan fingerprint density at radius 2 is 1.48 bits per heavy atom. The molecule has 4 heteroatoms. The van der Waals surface area contributed by atoms with Crippen molar-refractivity contribution in [2.24, 2.45) is 5.92 Å². The average molecular weight is 432 g/mol. The van der Waals surface area contributed by atoms with E-state index in [4.69, 9.17) is 0 Å². The molecule has 1 saturated heterocycles. The van der Waals surface area contributed by atoms with E-state index in [0.29, 0.717) is 23.3 Å². The molecule has 3 atom stereocenters. The Morgan fingerprint density at radius 3 is 2.19 bits per heavy atom. The van der Waals surface area contributed by atoms with Crippen molar-refractivity contribution in [2.75, 3.05) is 6.54 Å². The zero-order valence-corrected chi connectivity index (χ0v) is 19.0. The minimum Gasteiger partial charge on any atom is -0.207 e. The largest absolute Gasteiger partial charge is 0.243 e. The molecule has 31 heavy (non-hydrogen) atoms. The maximum atomic E-state index is 13.8. The molecule has 3 aromatic carbocycles. The summed E-state index contributed by atoms with van der Waals surface area (Å²) in [5, 5.41) is 0. The van der Waals surface area contributed by atoms with E-state index in [9.17, 15) is 8.42 Å². The third-order valence-electron chi connectivity index (χ3n) is 7.14. The summed E-state index contributed by atoms with van der Waals surface area (Å²) in [7, 11) is -3.58. The maximum Gasteiger partial charge on any atom is 0.243 e. The van der Waals surface area contributed by atoms with Crippen molar-refractivity contribution in [2.45, 2.75) is 50.0 Å². The third-order valence-corrected chi connectivity index (χ3v) is 9.03. The Labute approximate surface area is 185 Å². The molecule has 0 bridgehead atoms. The first-order valence-corrected chi connectivity index (χ1v) is 12.6. The van der Waals surface area contributed by atoms with Gasteiger partial charge in [-0.1, -0.05) is 71.8 Å². The topological polar surface area (TPSA) is 37.4 Å². The molecule has 0 spiro atoms. The predicted octanol–water partition coefficient (Wildman–Crippen LogP) is 5.79. The molecule has 1 aliphatic heterocycles. The zero-order valence-electron chi connectivity index (χ0n) is 18.2. The first kappa shape index (κ1) is 20.5. The molecule has 160 valence electrons. The van der Waals surface area contributed by atoms with Crippen molar-refractivity contribution in [3.63, 3.8) is 0 Å². The number of sulfonamides is 1. The van der Waals surface area contributed by atoms with Crippen LogP contribution in [0.1, 0.15) is 52.6 Å². The Hall–Kier alpha value is -2.43. The minimum atomic E-state index is -3.58. The Morgan fingerprint density at radius 1 is 0.839 bits per heavy atom. The van der Waals surface area contributed by atoms with Crippen molar-refractivity contribution in [3.8, 4) is 0 Å². The van der Waals surface area contributed by atoms with Crippen LogP contribution in [0, 0.1) is 19.8 Å². The molecule has 0 unspecified atom stereocenters. The van der Waals surface area contributed by atoms with Crippen molar-refractivity contribution in [3.05, 3.63) is 101 Å². The van der Waals surface area contributed by atoms with Gasteiger partial charge in [0, 0.05) is 6.54 Å².